The average Bonchev–Trinajstić information content (AvgIpc) is 3.68. The van der Waals surface area contributed by atoms with Gasteiger partial charge in [-0.25, -0.2) is 14.6 Å². The van der Waals surface area contributed by atoms with Gasteiger partial charge in [0.15, 0.2) is 4.80 Å². The van der Waals surface area contributed by atoms with Gasteiger partial charge in [0.05, 0.1) is 41.1 Å². The van der Waals surface area contributed by atoms with Crippen LogP contribution in [-0.2, 0) is 14.3 Å². The first kappa shape index (κ1) is 30.7. The van der Waals surface area contributed by atoms with E-state index in [1.807, 2.05) is 60.7 Å². The molecule has 5 aromatic rings. The molecule has 9 heteroatoms. The molecule has 3 heterocycles. The molecule has 0 N–H and O–H groups in total. The third kappa shape index (κ3) is 5.89. The van der Waals surface area contributed by atoms with E-state index in [1.165, 1.54) is 18.4 Å². The molecule has 6 rings (SSSR count). The van der Waals surface area contributed by atoms with Crippen molar-refractivity contribution in [1.82, 2.24) is 4.57 Å². The Bertz CT molecular complexity index is 2120. The molecule has 0 radical (unpaired) electrons. The van der Waals surface area contributed by atoms with Crippen LogP contribution in [0.5, 0.6) is 0 Å². The van der Waals surface area contributed by atoms with E-state index in [1.54, 1.807) is 47.9 Å². The van der Waals surface area contributed by atoms with Crippen LogP contribution < -0.4 is 14.9 Å². The average molecular weight is 633 g/mol. The Balaban J connectivity index is 1.50. The molecule has 0 fully saturated rings. The van der Waals surface area contributed by atoms with Crippen molar-refractivity contribution >= 4 is 35.0 Å². The Morgan fingerprint density at radius 1 is 0.935 bits per heavy atom. The largest absolute Gasteiger partial charge is 0.465 e. The molecule has 0 aliphatic carbocycles. The van der Waals surface area contributed by atoms with Gasteiger partial charge in [0.25, 0.3) is 5.56 Å². The van der Waals surface area contributed by atoms with Gasteiger partial charge in [0.1, 0.15) is 11.5 Å². The van der Waals surface area contributed by atoms with Crippen molar-refractivity contribution in [3.8, 4) is 11.3 Å². The summed E-state index contributed by atoms with van der Waals surface area (Å²) in [6.45, 7) is 6.17. The zero-order chi connectivity index (χ0) is 32.4. The molecule has 0 amide bonds. The third-order valence-corrected chi connectivity index (χ3v) is 8.77. The number of furan rings is 1. The Morgan fingerprint density at radius 3 is 2.30 bits per heavy atom. The van der Waals surface area contributed by atoms with Crippen molar-refractivity contribution in [3.63, 3.8) is 0 Å². The van der Waals surface area contributed by atoms with E-state index in [0.29, 0.717) is 43.6 Å². The van der Waals surface area contributed by atoms with Gasteiger partial charge >= 0.3 is 11.9 Å². The van der Waals surface area contributed by atoms with Crippen molar-refractivity contribution in [3.05, 3.63) is 144 Å². The molecule has 0 saturated carbocycles. The fourth-order valence-electron chi connectivity index (χ4n) is 5.42. The molecule has 8 nitrogen and oxygen atoms in total. The molecule has 232 valence electrons. The van der Waals surface area contributed by atoms with Crippen molar-refractivity contribution in [1.29, 1.82) is 0 Å². The van der Waals surface area contributed by atoms with Gasteiger partial charge < -0.3 is 13.9 Å². The first-order valence-electron chi connectivity index (χ1n) is 15.0. The molecule has 46 heavy (non-hydrogen) atoms. The van der Waals surface area contributed by atoms with E-state index in [2.05, 4.69) is 13.8 Å². The van der Waals surface area contributed by atoms with Crippen molar-refractivity contribution in [2.75, 3.05) is 13.7 Å². The van der Waals surface area contributed by atoms with E-state index in [4.69, 9.17) is 18.9 Å². The fourth-order valence-corrected chi connectivity index (χ4v) is 6.40. The minimum Gasteiger partial charge on any atom is -0.465 e. The number of carbonyl (C=O) groups is 2. The van der Waals surface area contributed by atoms with E-state index < -0.39 is 18.0 Å². The number of ether oxygens (including phenoxy) is 2. The molecular weight excluding hydrogens is 600 g/mol. The molecule has 0 unspecified atom stereocenters. The quantitative estimate of drug-likeness (QED) is 0.192. The minimum atomic E-state index is -0.755. The summed E-state index contributed by atoms with van der Waals surface area (Å²) in [5, 5.41) is 0. The molecule has 0 saturated heterocycles. The first-order valence-corrected chi connectivity index (χ1v) is 15.8. The van der Waals surface area contributed by atoms with Crippen LogP contribution in [0.3, 0.4) is 0 Å². The molecule has 1 aliphatic heterocycles. The Morgan fingerprint density at radius 2 is 1.65 bits per heavy atom. The fraction of sp³-hybridized carbons (Fsp3) is 0.189. The lowest BCUT2D eigenvalue weighted by atomic mass is 9.91. The smallest absolute Gasteiger partial charge is 0.338 e. The lowest BCUT2D eigenvalue weighted by molar-refractivity contribution is -0.138. The molecule has 0 bridgehead atoms. The number of rotatable bonds is 8. The van der Waals surface area contributed by atoms with Crippen LogP contribution in [0, 0.1) is 0 Å². The van der Waals surface area contributed by atoms with Crippen LogP contribution in [0.15, 0.2) is 111 Å². The topological polar surface area (TPSA) is 100 Å². The number of esters is 2. The monoisotopic (exact) mass is 632 g/mol. The molecule has 2 aromatic heterocycles. The number of nitrogens with zero attached hydrogens (tertiary/aromatic N) is 2. The predicted octanol–water partition coefficient (Wildman–Crippen LogP) is 6.11. The Kier molecular flexibility index (Phi) is 8.68. The number of methoxy groups -OCH3 is 1. The number of benzene rings is 3. The second kappa shape index (κ2) is 13.0. The van der Waals surface area contributed by atoms with Crippen LogP contribution in [-0.4, -0.2) is 30.2 Å². The van der Waals surface area contributed by atoms with E-state index in [-0.39, 0.29) is 12.2 Å². The Hall–Kier alpha value is -5.28. The molecule has 1 atom stereocenters. The summed E-state index contributed by atoms with van der Waals surface area (Å²) in [7, 11) is 1.34. The van der Waals surface area contributed by atoms with Crippen LogP contribution >= 0.6 is 11.3 Å². The van der Waals surface area contributed by atoms with Gasteiger partial charge in [-0.1, -0.05) is 91.9 Å². The van der Waals surface area contributed by atoms with Gasteiger partial charge in [0.2, 0.25) is 0 Å². The second-order valence-corrected chi connectivity index (χ2v) is 12.0. The van der Waals surface area contributed by atoms with E-state index in [0.717, 1.165) is 22.3 Å². The number of thiazole rings is 1. The summed E-state index contributed by atoms with van der Waals surface area (Å²) in [5.41, 5.74) is 4.36. The number of carbonyl (C=O) groups excluding carboxylic acids is 2. The summed E-state index contributed by atoms with van der Waals surface area (Å²) in [6.07, 6.45) is 1.69. The number of hydrogen-bond donors (Lipinski definition) is 0. The van der Waals surface area contributed by atoms with Crippen molar-refractivity contribution in [2.24, 2.45) is 4.99 Å². The summed E-state index contributed by atoms with van der Waals surface area (Å²) < 4.78 is 18.4. The van der Waals surface area contributed by atoms with Crippen molar-refractivity contribution < 1.29 is 23.5 Å². The van der Waals surface area contributed by atoms with Crippen LogP contribution in [0.4, 0.5) is 0 Å². The molecule has 0 spiro atoms. The zero-order valence-electron chi connectivity index (χ0n) is 25.9. The molecular formula is C37H32N2O6S. The SMILES string of the molecule is CCOC(=O)C1=C(c2ccccc2)N=c2s/c(=C\c3ccc(-c4ccc(C(=O)OC)cc4)o3)c(=O)n2[C@@H]1c1ccc(C(C)C)cc1. The standard InChI is InChI=1S/C37H32N2O6S/c1-5-44-36(42)31-32(25-9-7-6-8-10-25)38-37-39(33(31)26-15-11-23(12-16-26)22(2)3)34(40)30(46-37)21-28-19-20-29(45-28)24-13-17-27(18-14-24)35(41)43-4/h6-22,33H,5H2,1-4H3/b30-21-/t33-/m1/s1. The third-order valence-electron chi connectivity index (χ3n) is 7.78. The summed E-state index contributed by atoms with van der Waals surface area (Å²) in [5.74, 6) is 0.432. The lowest BCUT2D eigenvalue weighted by Gasteiger charge is -2.26. The minimum absolute atomic E-state index is 0.181. The van der Waals surface area contributed by atoms with Crippen LogP contribution in [0.1, 0.15) is 65.5 Å². The van der Waals surface area contributed by atoms with E-state index in [9.17, 15) is 14.4 Å². The maximum absolute atomic E-state index is 14.2. The maximum atomic E-state index is 14.2. The molecule has 1 aliphatic rings. The van der Waals surface area contributed by atoms with Gasteiger partial charge in [-0.15, -0.1) is 0 Å². The maximum Gasteiger partial charge on any atom is 0.338 e. The zero-order valence-corrected chi connectivity index (χ0v) is 26.7. The number of hydrogen-bond acceptors (Lipinski definition) is 8. The Labute approximate surface area is 269 Å². The van der Waals surface area contributed by atoms with Gasteiger partial charge in [-0.05, 0) is 48.2 Å². The second-order valence-electron chi connectivity index (χ2n) is 11.0. The van der Waals surface area contributed by atoms with Gasteiger partial charge in [-0.2, -0.15) is 0 Å². The summed E-state index contributed by atoms with van der Waals surface area (Å²) in [4.78, 5) is 45.0. The first-order chi connectivity index (χ1) is 22.3. The molecule has 3 aromatic carbocycles. The van der Waals surface area contributed by atoms with E-state index >= 15 is 0 Å². The number of aromatic nitrogens is 1. The summed E-state index contributed by atoms with van der Waals surface area (Å²) in [6, 6.07) is 27.2. The highest BCUT2D eigenvalue weighted by Gasteiger charge is 2.35. The highest BCUT2D eigenvalue weighted by Crippen LogP contribution is 2.35. The number of fused-ring (bicyclic) bond motifs is 1. The van der Waals surface area contributed by atoms with Crippen LogP contribution in [0.25, 0.3) is 23.1 Å². The summed E-state index contributed by atoms with van der Waals surface area (Å²) >= 11 is 1.23. The highest BCUT2D eigenvalue weighted by atomic mass is 32.1. The normalized spacial score (nSPS) is 14.6. The van der Waals surface area contributed by atoms with Gasteiger partial charge in [-0.3, -0.25) is 9.36 Å². The van der Waals surface area contributed by atoms with Gasteiger partial charge in [0, 0.05) is 17.2 Å². The highest BCUT2D eigenvalue weighted by molar-refractivity contribution is 7.07. The van der Waals surface area contributed by atoms with Crippen LogP contribution in [0.2, 0.25) is 0 Å². The van der Waals surface area contributed by atoms with Crippen molar-refractivity contribution in [2.45, 2.75) is 32.7 Å². The lowest BCUT2D eigenvalue weighted by Crippen LogP contribution is -2.40. The predicted molar refractivity (Wildman–Crippen MR) is 177 cm³/mol.